The van der Waals surface area contributed by atoms with Crippen molar-refractivity contribution < 1.29 is 9.90 Å². The first-order valence-corrected chi connectivity index (χ1v) is 8.19. The minimum atomic E-state index is -0.167. The molecule has 3 rings (SSSR count). The SMILES string of the molecule is O=C(Nc1sc2c(c1CO)CCCC2)c1ccc(Cl)cc1. The lowest BCUT2D eigenvalue weighted by Gasteiger charge is -2.11. The smallest absolute Gasteiger partial charge is 0.256 e. The first kappa shape index (κ1) is 14.6. The van der Waals surface area contributed by atoms with Crippen LogP contribution in [0.2, 0.25) is 5.02 Å². The zero-order valence-electron chi connectivity index (χ0n) is 11.5. The molecule has 5 heteroatoms. The lowest BCUT2D eigenvalue weighted by molar-refractivity contribution is 0.102. The molecule has 1 aliphatic rings. The van der Waals surface area contributed by atoms with Crippen molar-refractivity contribution in [2.24, 2.45) is 0 Å². The number of nitrogens with one attached hydrogen (secondary N) is 1. The number of anilines is 1. The predicted molar refractivity (Wildman–Crippen MR) is 86.3 cm³/mol. The van der Waals surface area contributed by atoms with Gasteiger partial charge in [-0.1, -0.05) is 11.6 Å². The van der Waals surface area contributed by atoms with Crippen LogP contribution in [0.1, 0.15) is 39.2 Å². The van der Waals surface area contributed by atoms with Gasteiger partial charge in [0.15, 0.2) is 0 Å². The summed E-state index contributed by atoms with van der Waals surface area (Å²) in [4.78, 5) is 13.6. The fourth-order valence-electron chi connectivity index (χ4n) is 2.68. The lowest BCUT2D eigenvalue weighted by atomic mass is 9.96. The average Bonchev–Trinajstić information content (AvgIpc) is 2.84. The highest BCUT2D eigenvalue weighted by atomic mass is 35.5. The molecule has 2 N–H and O–H groups in total. The van der Waals surface area contributed by atoms with Gasteiger partial charge in [-0.2, -0.15) is 0 Å². The van der Waals surface area contributed by atoms with Gasteiger partial charge in [0.25, 0.3) is 5.91 Å². The molecule has 1 amide bonds. The van der Waals surface area contributed by atoms with Crippen LogP contribution in [-0.2, 0) is 19.4 Å². The van der Waals surface area contributed by atoms with Gasteiger partial charge < -0.3 is 10.4 Å². The Kier molecular flexibility index (Phi) is 4.29. The summed E-state index contributed by atoms with van der Waals surface area (Å²) in [5.74, 6) is -0.167. The van der Waals surface area contributed by atoms with Crippen molar-refractivity contribution in [3.05, 3.63) is 50.9 Å². The van der Waals surface area contributed by atoms with Crippen LogP contribution in [0.3, 0.4) is 0 Å². The molecule has 3 nitrogen and oxygen atoms in total. The second-order valence-electron chi connectivity index (χ2n) is 5.14. The highest BCUT2D eigenvalue weighted by Gasteiger charge is 2.21. The summed E-state index contributed by atoms with van der Waals surface area (Å²) in [6.45, 7) is -0.0257. The Labute approximate surface area is 132 Å². The van der Waals surface area contributed by atoms with Crippen LogP contribution < -0.4 is 5.32 Å². The highest BCUT2D eigenvalue weighted by Crippen LogP contribution is 2.38. The first-order chi connectivity index (χ1) is 10.2. The molecule has 2 aromatic rings. The summed E-state index contributed by atoms with van der Waals surface area (Å²) < 4.78 is 0. The number of benzene rings is 1. The summed E-state index contributed by atoms with van der Waals surface area (Å²) >= 11 is 7.42. The fraction of sp³-hybridized carbons (Fsp3) is 0.312. The molecule has 0 aliphatic heterocycles. The second-order valence-corrected chi connectivity index (χ2v) is 6.68. The summed E-state index contributed by atoms with van der Waals surface area (Å²) in [5.41, 5.74) is 2.69. The first-order valence-electron chi connectivity index (χ1n) is 7.00. The molecule has 1 aliphatic carbocycles. The number of hydrogen-bond donors (Lipinski definition) is 2. The third kappa shape index (κ3) is 2.98. The van der Waals surface area contributed by atoms with Crippen LogP contribution in [0.5, 0.6) is 0 Å². The van der Waals surface area contributed by atoms with Gasteiger partial charge in [0.2, 0.25) is 0 Å². The molecule has 1 aromatic carbocycles. The number of carbonyl (C=O) groups excluding carboxylic acids is 1. The zero-order chi connectivity index (χ0) is 14.8. The molecule has 21 heavy (non-hydrogen) atoms. The van der Waals surface area contributed by atoms with E-state index in [0.717, 1.165) is 29.8 Å². The van der Waals surface area contributed by atoms with E-state index >= 15 is 0 Å². The molecular weight excluding hydrogens is 306 g/mol. The Bertz CT molecular complexity index is 664. The van der Waals surface area contributed by atoms with Gasteiger partial charge in [-0.15, -0.1) is 11.3 Å². The van der Waals surface area contributed by atoms with Crippen molar-refractivity contribution in [1.82, 2.24) is 0 Å². The number of hydrogen-bond acceptors (Lipinski definition) is 3. The normalized spacial score (nSPS) is 13.8. The average molecular weight is 322 g/mol. The number of amides is 1. The number of carbonyl (C=O) groups is 1. The van der Waals surface area contributed by atoms with Crippen LogP contribution in [-0.4, -0.2) is 11.0 Å². The quantitative estimate of drug-likeness (QED) is 0.897. The van der Waals surface area contributed by atoms with Crippen LogP contribution in [0.4, 0.5) is 5.00 Å². The third-order valence-electron chi connectivity index (χ3n) is 3.77. The summed E-state index contributed by atoms with van der Waals surface area (Å²) in [6.07, 6.45) is 4.38. The maximum Gasteiger partial charge on any atom is 0.256 e. The number of fused-ring (bicyclic) bond motifs is 1. The Hall–Kier alpha value is -1.36. The van der Waals surface area contributed by atoms with E-state index in [4.69, 9.17) is 11.6 Å². The van der Waals surface area contributed by atoms with Gasteiger partial charge in [-0.3, -0.25) is 4.79 Å². The van der Waals surface area contributed by atoms with E-state index in [2.05, 4.69) is 5.32 Å². The predicted octanol–water partition coefficient (Wildman–Crippen LogP) is 4.02. The van der Waals surface area contributed by atoms with Crippen LogP contribution in [0.15, 0.2) is 24.3 Å². The van der Waals surface area contributed by atoms with E-state index in [1.165, 1.54) is 16.9 Å². The lowest BCUT2D eigenvalue weighted by Crippen LogP contribution is -2.12. The largest absolute Gasteiger partial charge is 0.392 e. The van der Waals surface area contributed by atoms with E-state index in [9.17, 15) is 9.90 Å². The van der Waals surface area contributed by atoms with E-state index in [1.807, 2.05) is 0 Å². The number of aryl methyl sites for hydroxylation is 1. The molecule has 0 bridgehead atoms. The van der Waals surface area contributed by atoms with Gasteiger partial charge in [0.1, 0.15) is 5.00 Å². The van der Waals surface area contributed by atoms with E-state index in [0.29, 0.717) is 10.6 Å². The monoisotopic (exact) mass is 321 g/mol. The van der Waals surface area contributed by atoms with Gasteiger partial charge in [0.05, 0.1) is 6.61 Å². The van der Waals surface area contributed by atoms with E-state index in [-0.39, 0.29) is 12.5 Å². The molecule has 0 spiro atoms. The van der Waals surface area contributed by atoms with Crippen LogP contribution in [0, 0.1) is 0 Å². The number of aliphatic hydroxyl groups is 1. The summed E-state index contributed by atoms with van der Waals surface area (Å²) in [6, 6.07) is 6.79. The summed E-state index contributed by atoms with van der Waals surface area (Å²) in [5, 5.41) is 13.9. The Morgan fingerprint density at radius 1 is 1.24 bits per heavy atom. The van der Waals surface area contributed by atoms with Crippen LogP contribution >= 0.6 is 22.9 Å². The van der Waals surface area contributed by atoms with Gasteiger partial charge >= 0.3 is 0 Å². The second kappa shape index (κ2) is 6.18. The maximum atomic E-state index is 12.3. The molecule has 0 unspecified atom stereocenters. The number of halogens is 1. The molecular formula is C16H16ClNO2S. The molecule has 0 atom stereocenters. The number of aliphatic hydroxyl groups excluding tert-OH is 1. The van der Waals surface area contributed by atoms with E-state index in [1.54, 1.807) is 35.6 Å². The number of thiophene rings is 1. The van der Waals surface area contributed by atoms with Gasteiger partial charge in [0, 0.05) is 21.0 Å². The fourth-order valence-corrected chi connectivity index (χ4v) is 4.10. The minimum absolute atomic E-state index is 0.0257. The molecule has 0 saturated heterocycles. The van der Waals surface area contributed by atoms with Crippen molar-refractivity contribution >= 4 is 33.8 Å². The standard InChI is InChI=1S/C16H16ClNO2S/c17-11-7-5-10(6-8-11)15(20)18-16-13(9-19)12-3-1-2-4-14(12)21-16/h5-8,19H,1-4,9H2,(H,18,20). The number of rotatable bonds is 3. The molecule has 0 saturated carbocycles. The third-order valence-corrected chi connectivity index (χ3v) is 5.27. The van der Waals surface area contributed by atoms with Crippen molar-refractivity contribution in [2.45, 2.75) is 32.3 Å². The van der Waals surface area contributed by atoms with Gasteiger partial charge in [-0.05, 0) is 55.5 Å². The molecule has 1 aromatic heterocycles. The molecule has 0 radical (unpaired) electrons. The molecule has 0 fully saturated rings. The highest BCUT2D eigenvalue weighted by molar-refractivity contribution is 7.16. The minimum Gasteiger partial charge on any atom is -0.392 e. The van der Waals surface area contributed by atoms with E-state index < -0.39 is 0 Å². The Morgan fingerprint density at radius 2 is 1.95 bits per heavy atom. The summed E-state index contributed by atoms with van der Waals surface area (Å²) in [7, 11) is 0. The zero-order valence-corrected chi connectivity index (χ0v) is 13.1. The molecule has 1 heterocycles. The van der Waals surface area contributed by atoms with Crippen molar-refractivity contribution in [2.75, 3.05) is 5.32 Å². The van der Waals surface area contributed by atoms with Gasteiger partial charge in [-0.25, -0.2) is 0 Å². The van der Waals surface area contributed by atoms with Crippen molar-refractivity contribution in [3.63, 3.8) is 0 Å². The topological polar surface area (TPSA) is 49.3 Å². The Morgan fingerprint density at radius 3 is 2.67 bits per heavy atom. The van der Waals surface area contributed by atoms with Crippen molar-refractivity contribution in [1.29, 1.82) is 0 Å². The Balaban J connectivity index is 1.86. The molecule has 110 valence electrons. The van der Waals surface area contributed by atoms with Crippen molar-refractivity contribution in [3.8, 4) is 0 Å². The van der Waals surface area contributed by atoms with Crippen LogP contribution in [0.25, 0.3) is 0 Å². The maximum absolute atomic E-state index is 12.3.